The maximum absolute atomic E-state index is 11.7. The third kappa shape index (κ3) is 4.31. The lowest BCUT2D eigenvalue weighted by atomic mass is 10.4. The van der Waals surface area contributed by atoms with Crippen LogP contribution in [0.3, 0.4) is 0 Å². The Morgan fingerprint density at radius 2 is 2.05 bits per heavy atom. The van der Waals surface area contributed by atoms with Crippen molar-refractivity contribution in [3.05, 3.63) is 6.20 Å². The zero-order valence-corrected chi connectivity index (χ0v) is 12.4. The Labute approximate surface area is 117 Å². The lowest BCUT2D eigenvalue weighted by Gasteiger charge is -2.14. The molecule has 10 heteroatoms. The van der Waals surface area contributed by atoms with E-state index in [9.17, 15) is 13.2 Å². The first-order chi connectivity index (χ1) is 9.27. The highest BCUT2D eigenvalue weighted by Gasteiger charge is 2.17. The molecule has 1 rings (SSSR count). The van der Waals surface area contributed by atoms with Crippen LogP contribution in [-0.2, 0) is 14.8 Å². The number of hydrogen-bond acceptors (Lipinski definition) is 7. The molecule has 112 valence electrons. The van der Waals surface area contributed by atoms with E-state index in [0.717, 1.165) is 10.6 Å². The summed E-state index contributed by atoms with van der Waals surface area (Å²) in [5, 5.41) is 2.47. The van der Waals surface area contributed by atoms with Gasteiger partial charge in [0.05, 0.1) is 33.2 Å². The molecular formula is C10H16N4O5S. The largest absolute Gasteiger partial charge is 0.479 e. The summed E-state index contributed by atoms with van der Waals surface area (Å²) in [6.45, 7) is -0.325. The fourth-order valence-corrected chi connectivity index (χ4v) is 1.55. The van der Waals surface area contributed by atoms with Crippen LogP contribution in [0.1, 0.15) is 0 Å². The second-order valence-electron chi connectivity index (χ2n) is 3.85. The lowest BCUT2D eigenvalue weighted by molar-refractivity contribution is -0.116. The van der Waals surface area contributed by atoms with Gasteiger partial charge in [0.2, 0.25) is 21.8 Å². The average Bonchev–Trinajstić information content (AvgIpc) is 2.37. The van der Waals surface area contributed by atoms with Crippen LogP contribution < -0.4 is 14.8 Å². The standard InChI is InChI=1S/C10H16N4O5S/c1-14(20(4,16)17)6-8(15)12-7-5-11-10(19-3)13-9(7)18-2/h5H,6H2,1-4H3,(H,12,15). The molecule has 1 aromatic heterocycles. The predicted octanol–water partition coefficient (Wildman–Crippen LogP) is -0.676. The number of hydrogen-bond donors (Lipinski definition) is 1. The minimum absolute atomic E-state index is 0.0908. The normalized spacial score (nSPS) is 11.2. The highest BCUT2D eigenvalue weighted by Crippen LogP contribution is 2.22. The fraction of sp³-hybridized carbons (Fsp3) is 0.500. The zero-order chi connectivity index (χ0) is 15.3. The molecule has 0 bridgehead atoms. The van der Waals surface area contributed by atoms with E-state index in [2.05, 4.69) is 15.3 Å². The number of ether oxygens (including phenoxy) is 2. The molecule has 0 aromatic carbocycles. The first-order valence-electron chi connectivity index (χ1n) is 5.44. The maximum atomic E-state index is 11.7. The van der Waals surface area contributed by atoms with Crippen molar-refractivity contribution < 1.29 is 22.7 Å². The van der Waals surface area contributed by atoms with Crippen molar-refractivity contribution in [2.24, 2.45) is 0 Å². The van der Waals surface area contributed by atoms with Gasteiger partial charge in [0.25, 0.3) is 0 Å². The summed E-state index contributed by atoms with van der Waals surface area (Å²) in [7, 11) is 0.648. The van der Waals surface area contributed by atoms with Gasteiger partial charge in [-0.2, -0.15) is 9.29 Å². The van der Waals surface area contributed by atoms with Crippen molar-refractivity contribution in [1.29, 1.82) is 0 Å². The number of methoxy groups -OCH3 is 2. The van der Waals surface area contributed by atoms with Crippen molar-refractivity contribution in [3.8, 4) is 11.9 Å². The first-order valence-corrected chi connectivity index (χ1v) is 7.29. The third-order valence-corrected chi connectivity index (χ3v) is 3.58. The number of rotatable bonds is 6. The van der Waals surface area contributed by atoms with E-state index in [4.69, 9.17) is 9.47 Å². The van der Waals surface area contributed by atoms with Crippen LogP contribution in [0, 0.1) is 0 Å². The van der Waals surface area contributed by atoms with E-state index in [1.54, 1.807) is 0 Å². The van der Waals surface area contributed by atoms with E-state index in [1.165, 1.54) is 27.5 Å². The molecule has 0 radical (unpaired) electrons. The van der Waals surface area contributed by atoms with Gasteiger partial charge in [-0.25, -0.2) is 13.4 Å². The molecule has 0 aliphatic rings. The summed E-state index contributed by atoms with van der Waals surface area (Å²) >= 11 is 0. The molecule has 0 aliphatic carbocycles. The Morgan fingerprint density at radius 3 is 2.55 bits per heavy atom. The Bertz CT molecular complexity index is 589. The topological polar surface area (TPSA) is 111 Å². The number of carbonyl (C=O) groups excluding carboxylic acids is 1. The van der Waals surface area contributed by atoms with Gasteiger partial charge < -0.3 is 14.8 Å². The fourth-order valence-electron chi connectivity index (χ4n) is 1.20. The Kier molecular flexibility index (Phi) is 5.22. The molecule has 0 saturated heterocycles. The van der Waals surface area contributed by atoms with Crippen LogP contribution >= 0.6 is 0 Å². The van der Waals surface area contributed by atoms with Crippen LogP contribution in [0.15, 0.2) is 6.20 Å². The van der Waals surface area contributed by atoms with Crippen LogP contribution in [0.5, 0.6) is 11.9 Å². The molecule has 0 unspecified atom stereocenters. The van der Waals surface area contributed by atoms with Crippen molar-refractivity contribution >= 4 is 21.6 Å². The van der Waals surface area contributed by atoms with Crippen LogP contribution in [-0.4, -0.2) is 62.7 Å². The molecular weight excluding hydrogens is 288 g/mol. The minimum atomic E-state index is -3.43. The summed E-state index contributed by atoms with van der Waals surface area (Å²) in [6, 6.07) is 0.0908. The number of likely N-dealkylation sites (N-methyl/N-ethyl adjacent to an activating group) is 1. The lowest BCUT2D eigenvalue weighted by Crippen LogP contribution is -2.34. The number of aromatic nitrogens is 2. The molecule has 0 aliphatic heterocycles. The number of nitrogens with zero attached hydrogens (tertiary/aromatic N) is 3. The van der Waals surface area contributed by atoms with Gasteiger partial charge in [0.1, 0.15) is 5.69 Å². The molecule has 20 heavy (non-hydrogen) atoms. The minimum Gasteiger partial charge on any atom is -0.479 e. The highest BCUT2D eigenvalue weighted by atomic mass is 32.2. The molecule has 0 spiro atoms. The Hall–Kier alpha value is -1.94. The van der Waals surface area contributed by atoms with Crippen molar-refractivity contribution in [3.63, 3.8) is 0 Å². The second-order valence-corrected chi connectivity index (χ2v) is 5.94. The van der Waals surface area contributed by atoms with Crippen molar-refractivity contribution in [2.45, 2.75) is 0 Å². The van der Waals surface area contributed by atoms with Crippen LogP contribution in [0.4, 0.5) is 5.69 Å². The summed E-state index contributed by atoms with van der Waals surface area (Å²) in [6.07, 6.45) is 2.32. The smallest absolute Gasteiger partial charge is 0.319 e. The molecule has 1 N–H and O–H groups in total. The summed E-state index contributed by atoms with van der Waals surface area (Å²) in [5.74, 6) is -0.419. The van der Waals surface area contributed by atoms with E-state index >= 15 is 0 Å². The van der Waals surface area contributed by atoms with Gasteiger partial charge in [0.15, 0.2) is 0 Å². The molecule has 1 heterocycles. The number of nitrogens with one attached hydrogen (secondary N) is 1. The maximum Gasteiger partial charge on any atom is 0.319 e. The van der Waals surface area contributed by atoms with Gasteiger partial charge in [-0.3, -0.25) is 4.79 Å². The molecule has 0 atom stereocenters. The Morgan fingerprint density at radius 1 is 1.40 bits per heavy atom. The van der Waals surface area contributed by atoms with Crippen molar-refractivity contribution in [1.82, 2.24) is 14.3 Å². The molecule has 1 amide bonds. The molecule has 9 nitrogen and oxygen atoms in total. The first kappa shape index (κ1) is 16.1. The quantitative estimate of drug-likeness (QED) is 0.741. The van der Waals surface area contributed by atoms with Gasteiger partial charge in [-0.05, 0) is 0 Å². The number of sulfonamides is 1. The third-order valence-electron chi connectivity index (χ3n) is 2.31. The SMILES string of the molecule is COc1ncc(NC(=O)CN(C)S(C)(=O)=O)c(OC)n1. The van der Waals surface area contributed by atoms with E-state index in [0.29, 0.717) is 0 Å². The van der Waals surface area contributed by atoms with Crippen LogP contribution in [0.25, 0.3) is 0 Å². The van der Waals surface area contributed by atoms with Crippen molar-refractivity contribution in [2.75, 3.05) is 39.4 Å². The van der Waals surface area contributed by atoms with Crippen LogP contribution in [0.2, 0.25) is 0 Å². The monoisotopic (exact) mass is 304 g/mol. The number of anilines is 1. The summed E-state index contributed by atoms with van der Waals surface area (Å²) in [5.41, 5.74) is 0.222. The molecule has 0 saturated carbocycles. The number of amides is 1. The van der Waals surface area contributed by atoms with Gasteiger partial charge in [0, 0.05) is 7.05 Å². The average molecular weight is 304 g/mol. The highest BCUT2D eigenvalue weighted by molar-refractivity contribution is 7.88. The summed E-state index contributed by atoms with van der Waals surface area (Å²) < 4.78 is 33.1. The van der Waals surface area contributed by atoms with Gasteiger partial charge in [-0.15, -0.1) is 0 Å². The van der Waals surface area contributed by atoms with Gasteiger partial charge >= 0.3 is 6.01 Å². The molecule has 1 aromatic rings. The summed E-state index contributed by atoms with van der Waals surface area (Å²) in [4.78, 5) is 19.4. The van der Waals surface area contributed by atoms with E-state index < -0.39 is 15.9 Å². The van der Waals surface area contributed by atoms with E-state index in [-0.39, 0.29) is 24.1 Å². The number of carbonyl (C=O) groups is 1. The Balaban J connectivity index is 2.81. The molecule has 0 fully saturated rings. The predicted molar refractivity (Wildman–Crippen MR) is 71.2 cm³/mol. The van der Waals surface area contributed by atoms with Gasteiger partial charge in [-0.1, -0.05) is 0 Å². The van der Waals surface area contributed by atoms with E-state index in [1.807, 2.05) is 0 Å². The zero-order valence-electron chi connectivity index (χ0n) is 11.6. The second kappa shape index (κ2) is 6.48.